The van der Waals surface area contributed by atoms with Crippen molar-refractivity contribution >= 4 is 52.9 Å². The number of morpholine rings is 1. The largest absolute Gasteiger partial charge is 0.379 e. The molecule has 1 aliphatic heterocycles. The first kappa shape index (κ1) is 25.3. The van der Waals surface area contributed by atoms with Crippen LogP contribution in [0.15, 0.2) is 35.5 Å². The summed E-state index contributed by atoms with van der Waals surface area (Å²) in [5, 5.41) is 8.66. The molecule has 1 aromatic heterocycles. The van der Waals surface area contributed by atoms with Gasteiger partial charge in [-0.3, -0.25) is 4.90 Å². The third-order valence-electron chi connectivity index (χ3n) is 4.85. The van der Waals surface area contributed by atoms with Crippen LogP contribution in [0.3, 0.4) is 0 Å². The number of nitrogens with zero attached hydrogens (tertiary/aromatic N) is 3. The zero-order chi connectivity index (χ0) is 20.5. The molecular formula is C21H31ClIN5OS. The molecule has 3 rings (SSSR count). The molecule has 1 fully saturated rings. The van der Waals surface area contributed by atoms with Gasteiger partial charge in [0.25, 0.3) is 0 Å². The summed E-state index contributed by atoms with van der Waals surface area (Å²) in [5.41, 5.74) is 1.20. The van der Waals surface area contributed by atoms with Crippen LogP contribution in [0.25, 0.3) is 0 Å². The third-order valence-corrected chi connectivity index (χ3v) is 6.21. The molecule has 30 heavy (non-hydrogen) atoms. The molecule has 6 nitrogen and oxygen atoms in total. The number of thiazole rings is 1. The molecule has 1 atom stereocenters. The van der Waals surface area contributed by atoms with E-state index in [0.29, 0.717) is 6.54 Å². The van der Waals surface area contributed by atoms with E-state index in [9.17, 15) is 0 Å². The van der Waals surface area contributed by atoms with E-state index in [0.717, 1.165) is 61.8 Å². The fourth-order valence-electron chi connectivity index (χ4n) is 3.33. The van der Waals surface area contributed by atoms with Crippen LogP contribution in [-0.4, -0.2) is 55.2 Å². The summed E-state index contributed by atoms with van der Waals surface area (Å²) in [5.74, 6) is 0.807. The van der Waals surface area contributed by atoms with Crippen LogP contribution in [-0.2, 0) is 17.7 Å². The van der Waals surface area contributed by atoms with Gasteiger partial charge in [0.2, 0.25) is 0 Å². The molecule has 9 heteroatoms. The Morgan fingerprint density at radius 1 is 1.30 bits per heavy atom. The fraction of sp³-hybridized carbons (Fsp3) is 0.524. The minimum atomic E-state index is 0. The minimum absolute atomic E-state index is 0. The van der Waals surface area contributed by atoms with Gasteiger partial charge < -0.3 is 15.4 Å². The maximum Gasteiger partial charge on any atom is 0.191 e. The molecule has 1 aliphatic rings. The number of guanidine groups is 1. The van der Waals surface area contributed by atoms with Crippen LogP contribution in [0.5, 0.6) is 0 Å². The number of benzene rings is 1. The SMILES string of the molecule is CCNC(=NCc1ncc(CC)s1)NCC(c1cccc(Cl)c1)N1CCOCC1.I. The predicted molar refractivity (Wildman–Crippen MR) is 136 cm³/mol. The summed E-state index contributed by atoms with van der Waals surface area (Å²) in [6.07, 6.45) is 2.96. The number of aryl methyl sites for hydroxylation is 1. The standard InChI is InChI=1S/C21H30ClN5OS.HI/c1-3-18-13-24-20(29-18)15-26-21(23-4-2)25-14-19(27-8-10-28-11-9-27)16-6-5-7-17(22)12-16;/h5-7,12-13,19H,3-4,8-11,14-15H2,1-2H3,(H2,23,25,26);1H. The first-order chi connectivity index (χ1) is 14.2. The average molecular weight is 564 g/mol. The van der Waals surface area contributed by atoms with Crippen LogP contribution in [0.1, 0.15) is 35.3 Å². The van der Waals surface area contributed by atoms with Gasteiger partial charge in [0.1, 0.15) is 5.01 Å². The van der Waals surface area contributed by atoms with Gasteiger partial charge >= 0.3 is 0 Å². The second-order valence-corrected chi connectivity index (χ2v) is 8.51. The van der Waals surface area contributed by atoms with Gasteiger partial charge in [-0.15, -0.1) is 35.3 Å². The van der Waals surface area contributed by atoms with Crippen LogP contribution in [0.4, 0.5) is 0 Å². The highest BCUT2D eigenvalue weighted by Crippen LogP contribution is 2.24. The number of hydrogen-bond donors (Lipinski definition) is 2. The minimum Gasteiger partial charge on any atom is -0.379 e. The van der Waals surface area contributed by atoms with Crippen LogP contribution < -0.4 is 10.6 Å². The Bertz CT molecular complexity index is 797. The van der Waals surface area contributed by atoms with Gasteiger partial charge in [-0.2, -0.15) is 0 Å². The van der Waals surface area contributed by atoms with Crippen molar-refractivity contribution in [2.45, 2.75) is 32.9 Å². The molecule has 2 aromatic rings. The molecular weight excluding hydrogens is 533 g/mol. The topological polar surface area (TPSA) is 61.8 Å². The molecule has 1 saturated heterocycles. The van der Waals surface area contributed by atoms with Crippen molar-refractivity contribution in [3.05, 3.63) is 50.9 Å². The predicted octanol–water partition coefficient (Wildman–Crippen LogP) is 4.11. The zero-order valence-electron chi connectivity index (χ0n) is 17.6. The number of aromatic nitrogens is 1. The zero-order valence-corrected chi connectivity index (χ0v) is 21.5. The number of aliphatic imine (C=N–C) groups is 1. The van der Waals surface area contributed by atoms with E-state index in [2.05, 4.69) is 46.5 Å². The van der Waals surface area contributed by atoms with Crippen molar-refractivity contribution in [3.8, 4) is 0 Å². The molecule has 0 saturated carbocycles. The molecule has 0 bridgehead atoms. The quantitative estimate of drug-likeness (QED) is 0.288. The molecule has 0 radical (unpaired) electrons. The lowest BCUT2D eigenvalue weighted by Crippen LogP contribution is -2.46. The van der Waals surface area contributed by atoms with Crippen molar-refractivity contribution in [1.82, 2.24) is 20.5 Å². The average Bonchev–Trinajstić information content (AvgIpc) is 3.21. The Hall–Kier alpha value is -0.940. The van der Waals surface area contributed by atoms with Gasteiger partial charge in [0.15, 0.2) is 5.96 Å². The Balaban J connectivity index is 0.00000320. The van der Waals surface area contributed by atoms with Crippen LogP contribution in [0.2, 0.25) is 5.02 Å². The summed E-state index contributed by atoms with van der Waals surface area (Å²) < 4.78 is 5.54. The lowest BCUT2D eigenvalue weighted by Gasteiger charge is -2.35. The third kappa shape index (κ3) is 7.64. The lowest BCUT2D eigenvalue weighted by molar-refractivity contribution is 0.0170. The van der Waals surface area contributed by atoms with E-state index in [1.54, 1.807) is 11.3 Å². The van der Waals surface area contributed by atoms with Crippen LogP contribution in [0, 0.1) is 0 Å². The second kappa shape index (κ2) is 13.5. The van der Waals surface area contributed by atoms with Gasteiger partial charge in [-0.05, 0) is 31.0 Å². The monoisotopic (exact) mass is 563 g/mol. The van der Waals surface area contributed by atoms with Crippen molar-refractivity contribution in [2.24, 2.45) is 4.99 Å². The maximum absolute atomic E-state index is 6.27. The Kier molecular flexibility index (Phi) is 11.4. The number of nitrogens with one attached hydrogen (secondary N) is 2. The Morgan fingerprint density at radius 2 is 2.10 bits per heavy atom. The maximum atomic E-state index is 6.27. The van der Waals surface area contributed by atoms with Crippen LogP contribution >= 0.6 is 46.9 Å². The van der Waals surface area contributed by atoms with E-state index < -0.39 is 0 Å². The van der Waals surface area contributed by atoms with Crippen molar-refractivity contribution in [1.29, 1.82) is 0 Å². The van der Waals surface area contributed by atoms with E-state index >= 15 is 0 Å². The van der Waals surface area contributed by atoms with E-state index in [4.69, 9.17) is 21.3 Å². The number of halogens is 2. The fourth-order valence-corrected chi connectivity index (χ4v) is 4.31. The molecule has 0 spiro atoms. The van der Waals surface area contributed by atoms with Gasteiger partial charge in [0, 0.05) is 42.3 Å². The highest BCUT2D eigenvalue weighted by Gasteiger charge is 2.23. The molecule has 1 aromatic carbocycles. The number of ether oxygens (including phenoxy) is 1. The Morgan fingerprint density at radius 3 is 2.77 bits per heavy atom. The Labute approximate surface area is 205 Å². The first-order valence-electron chi connectivity index (χ1n) is 10.2. The van der Waals surface area contributed by atoms with E-state index in [1.807, 2.05) is 18.3 Å². The molecule has 2 heterocycles. The molecule has 1 unspecified atom stereocenters. The molecule has 2 N–H and O–H groups in total. The first-order valence-corrected chi connectivity index (χ1v) is 11.4. The smallest absolute Gasteiger partial charge is 0.191 e. The van der Waals surface area contributed by atoms with E-state index in [-0.39, 0.29) is 30.0 Å². The summed E-state index contributed by atoms with van der Waals surface area (Å²) in [6, 6.07) is 8.32. The second-order valence-electron chi connectivity index (χ2n) is 6.87. The molecule has 0 amide bonds. The lowest BCUT2D eigenvalue weighted by atomic mass is 10.0. The summed E-state index contributed by atoms with van der Waals surface area (Å²) >= 11 is 7.99. The van der Waals surface area contributed by atoms with Gasteiger partial charge in [-0.1, -0.05) is 30.7 Å². The summed E-state index contributed by atoms with van der Waals surface area (Å²) in [6.45, 7) is 9.69. The van der Waals surface area contributed by atoms with Crippen molar-refractivity contribution < 1.29 is 4.74 Å². The highest BCUT2D eigenvalue weighted by atomic mass is 127. The van der Waals surface area contributed by atoms with Gasteiger partial charge in [-0.25, -0.2) is 9.98 Å². The summed E-state index contributed by atoms with van der Waals surface area (Å²) in [4.78, 5) is 12.9. The van der Waals surface area contributed by atoms with Crippen molar-refractivity contribution in [2.75, 3.05) is 39.4 Å². The van der Waals surface area contributed by atoms with E-state index in [1.165, 1.54) is 10.4 Å². The number of hydrogen-bond acceptors (Lipinski definition) is 5. The molecule has 0 aliphatic carbocycles. The molecule has 166 valence electrons. The van der Waals surface area contributed by atoms with Crippen molar-refractivity contribution in [3.63, 3.8) is 0 Å². The number of rotatable bonds is 8. The van der Waals surface area contributed by atoms with Gasteiger partial charge in [0.05, 0.1) is 25.8 Å². The normalized spacial score (nSPS) is 16.0. The highest BCUT2D eigenvalue weighted by molar-refractivity contribution is 14.0. The summed E-state index contributed by atoms with van der Waals surface area (Å²) in [7, 11) is 0.